The van der Waals surface area contributed by atoms with Gasteiger partial charge >= 0.3 is 0 Å². The lowest BCUT2D eigenvalue weighted by atomic mass is 9.96. The number of rotatable bonds is 5. The number of amidine groups is 1. The number of anilines is 1. The first-order valence-corrected chi connectivity index (χ1v) is 14.1. The maximum atomic E-state index is 14.2. The number of ether oxygens (including phenoxy) is 1. The van der Waals surface area contributed by atoms with Crippen molar-refractivity contribution < 1.29 is 17.5 Å². The van der Waals surface area contributed by atoms with Gasteiger partial charge in [-0.15, -0.1) is 0 Å². The summed E-state index contributed by atoms with van der Waals surface area (Å²) in [4.78, 5) is 15.5. The fourth-order valence-electron chi connectivity index (χ4n) is 4.92. The summed E-state index contributed by atoms with van der Waals surface area (Å²) in [5, 5.41) is 2.32. The topological polar surface area (TPSA) is 109 Å². The summed E-state index contributed by atoms with van der Waals surface area (Å²) >= 11 is 0. The quantitative estimate of drug-likeness (QED) is 0.511. The number of aromatic nitrogens is 2. The van der Waals surface area contributed by atoms with Gasteiger partial charge in [-0.05, 0) is 38.0 Å². The molecule has 0 amide bonds. The number of piperazine rings is 1. The normalized spacial score (nSPS) is 22.4. The van der Waals surface area contributed by atoms with Gasteiger partial charge in [0.05, 0.1) is 6.04 Å². The molecule has 1 unspecified atom stereocenters. The molecule has 5 rings (SSSR count). The van der Waals surface area contributed by atoms with Crippen LogP contribution in [0.1, 0.15) is 43.2 Å². The molecule has 2 fully saturated rings. The van der Waals surface area contributed by atoms with E-state index in [1.807, 2.05) is 12.1 Å². The summed E-state index contributed by atoms with van der Waals surface area (Å²) in [6.45, 7) is 8.63. The molecule has 2 saturated heterocycles. The number of benzene rings is 2. The van der Waals surface area contributed by atoms with Crippen molar-refractivity contribution in [2.45, 2.75) is 37.7 Å². The van der Waals surface area contributed by atoms with E-state index in [1.165, 1.54) is 6.07 Å². The Morgan fingerprint density at radius 3 is 2.34 bits per heavy atom. The summed E-state index contributed by atoms with van der Waals surface area (Å²) in [6, 6.07) is 12.7. The van der Waals surface area contributed by atoms with E-state index in [0.29, 0.717) is 17.1 Å². The Labute approximate surface area is 222 Å². The van der Waals surface area contributed by atoms with Gasteiger partial charge in [0.15, 0.2) is 0 Å². The molecule has 2 aliphatic rings. The summed E-state index contributed by atoms with van der Waals surface area (Å²) in [6.07, 6.45) is 3.57. The van der Waals surface area contributed by atoms with Crippen LogP contribution in [0, 0.1) is 5.82 Å². The molecule has 2 N–H and O–H groups in total. The van der Waals surface area contributed by atoms with Crippen molar-refractivity contribution in [3.05, 3.63) is 77.9 Å². The molecule has 0 spiro atoms. The number of aliphatic imine (C=N–C) groups is 1. The first-order valence-electron chi connectivity index (χ1n) is 12.5. The first-order chi connectivity index (χ1) is 18.1. The lowest BCUT2D eigenvalue weighted by Crippen LogP contribution is -2.53. The molecule has 0 radical (unpaired) electrons. The summed E-state index contributed by atoms with van der Waals surface area (Å²) in [7, 11) is -3.90. The van der Waals surface area contributed by atoms with Gasteiger partial charge in [-0.2, -0.15) is 0 Å². The average Bonchev–Trinajstić information content (AvgIpc) is 2.88. The average molecular weight is 539 g/mol. The van der Waals surface area contributed by atoms with Gasteiger partial charge in [-0.1, -0.05) is 42.5 Å². The van der Waals surface area contributed by atoms with Crippen molar-refractivity contribution in [3.8, 4) is 11.1 Å². The van der Waals surface area contributed by atoms with Crippen molar-refractivity contribution in [2.75, 3.05) is 31.1 Å². The molecule has 2 aliphatic heterocycles. The van der Waals surface area contributed by atoms with Crippen LogP contribution in [0.25, 0.3) is 11.1 Å². The highest BCUT2D eigenvalue weighted by Gasteiger charge is 2.48. The van der Waals surface area contributed by atoms with Crippen LogP contribution in [-0.4, -0.2) is 56.2 Å². The van der Waals surface area contributed by atoms with Gasteiger partial charge in [0.2, 0.25) is 16.0 Å². The molecule has 2 atom stereocenters. The molecule has 0 saturated carbocycles. The number of sulfonamides is 1. The van der Waals surface area contributed by atoms with Crippen LogP contribution in [0.15, 0.2) is 65.9 Å². The highest BCUT2D eigenvalue weighted by Crippen LogP contribution is 2.39. The largest absolute Gasteiger partial charge is 0.457 e. The van der Waals surface area contributed by atoms with E-state index in [2.05, 4.69) is 29.9 Å². The molecule has 11 heteroatoms. The third-order valence-electron chi connectivity index (χ3n) is 6.78. The maximum Gasteiger partial charge on any atom is 0.299 e. The Hall–Kier alpha value is -3.57. The Morgan fingerprint density at radius 1 is 1.05 bits per heavy atom. The highest BCUT2D eigenvalue weighted by molar-refractivity contribution is 7.90. The molecule has 3 heterocycles. The first kappa shape index (κ1) is 26.1. The van der Waals surface area contributed by atoms with E-state index in [0.717, 1.165) is 37.3 Å². The van der Waals surface area contributed by atoms with E-state index in [-0.39, 0.29) is 6.02 Å². The highest BCUT2D eigenvalue weighted by atomic mass is 32.2. The number of halogens is 1. The molecular formula is C27H31FN6O3S. The minimum Gasteiger partial charge on any atom is -0.457 e. The Balaban J connectivity index is 1.34. The number of hydrogen-bond acceptors (Lipinski definition) is 8. The van der Waals surface area contributed by atoms with Crippen molar-refractivity contribution >= 4 is 22.0 Å². The fourth-order valence-corrected chi connectivity index (χ4v) is 6.69. The number of nitrogens with one attached hydrogen (secondary N) is 2. The second kappa shape index (κ2) is 10.3. The van der Waals surface area contributed by atoms with Crippen LogP contribution >= 0.6 is 0 Å². The molecule has 200 valence electrons. The molecular weight excluding hydrogens is 507 g/mol. The van der Waals surface area contributed by atoms with Crippen LogP contribution in [0.4, 0.5) is 10.3 Å². The Bertz CT molecular complexity index is 1420. The van der Waals surface area contributed by atoms with Gasteiger partial charge in [-0.25, -0.2) is 32.5 Å². The number of hydrogen-bond donors (Lipinski definition) is 2. The monoisotopic (exact) mass is 538 g/mol. The summed E-state index contributed by atoms with van der Waals surface area (Å²) < 4.78 is 49.4. The second-order valence-electron chi connectivity index (χ2n) is 10.00. The maximum absolute atomic E-state index is 14.2. The predicted molar refractivity (Wildman–Crippen MR) is 145 cm³/mol. The zero-order valence-corrected chi connectivity index (χ0v) is 22.4. The van der Waals surface area contributed by atoms with Crippen LogP contribution in [0.3, 0.4) is 0 Å². The van der Waals surface area contributed by atoms with Gasteiger partial charge in [0.1, 0.15) is 16.7 Å². The lowest BCUT2D eigenvalue weighted by molar-refractivity contribution is 0.0761. The molecule has 2 aromatic carbocycles. The van der Waals surface area contributed by atoms with Crippen LogP contribution in [0.5, 0.6) is 0 Å². The van der Waals surface area contributed by atoms with Crippen molar-refractivity contribution in [3.63, 3.8) is 0 Å². The zero-order chi connectivity index (χ0) is 26.9. The SMILES string of the molecule is C[C@H](N=C1NS(=O)(=O)C(c2ccc(-c3cnc(N4CCNCC4)nc3)cc2)C(C)(C)O1)c1ccccc1F. The molecule has 1 aromatic heterocycles. The summed E-state index contributed by atoms with van der Waals surface area (Å²) in [5.41, 5.74) is 1.51. The molecule has 0 bridgehead atoms. The third kappa shape index (κ3) is 5.34. The Morgan fingerprint density at radius 2 is 1.71 bits per heavy atom. The number of nitrogens with zero attached hydrogens (tertiary/aromatic N) is 4. The third-order valence-corrected chi connectivity index (χ3v) is 8.70. The van der Waals surface area contributed by atoms with Gasteiger partial charge in [0, 0.05) is 49.7 Å². The Kier molecular flexibility index (Phi) is 7.06. The molecule has 3 aromatic rings. The second-order valence-corrected chi connectivity index (χ2v) is 11.8. The summed E-state index contributed by atoms with van der Waals surface area (Å²) in [5.74, 6) is 0.288. The lowest BCUT2D eigenvalue weighted by Gasteiger charge is -2.39. The predicted octanol–water partition coefficient (Wildman–Crippen LogP) is 3.58. The minimum absolute atomic E-state index is 0.152. The van der Waals surface area contributed by atoms with Gasteiger partial charge in [-0.3, -0.25) is 0 Å². The fraction of sp³-hybridized carbons (Fsp3) is 0.370. The van der Waals surface area contributed by atoms with Crippen molar-refractivity contribution in [1.82, 2.24) is 20.0 Å². The van der Waals surface area contributed by atoms with E-state index < -0.39 is 32.7 Å². The van der Waals surface area contributed by atoms with Crippen molar-refractivity contribution in [2.24, 2.45) is 4.99 Å². The zero-order valence-electron chi connectivity index (χ0n) is 21.6. The smallest absolute Gasteiger partial charge is 0.299 e. The molecule has 9 nitrogen and oxygen atoms in total. The van der Waals surface area contributed by atoms with Crippen LogP contribution < -0.4 is 14.9 Å². The van der Waals surface area contributed by atoms with Crippen molar-refractivity contribution in [1.29, 1.82) is 0 Å². The van der Waals surface area contributed by atoms with Gasteiger partial charge in [0.25, 0.3) is 6.02 Å². The van der Waals surface area contributed by atoms with E-state index in [4.69, 9.17) is 4.74 Å². The van der Waals surface area contributed by atoms with E-state index in [1.54, 1.807) is 63.5 Å². The standard InChI is InChI=1S/C27H31FN6O3S/c1-18(22-6-4-5-7-23(22)28)32-26-33-38(35,36)24(27(2,3)37-26)20-10-8-19(9-11-20)21-16-30-25(31-17-21)34-14-12-29-13-15-34/h4-11,16-18,24,29H,12-15H2,1-3H3,(H,32,33)/t18-,24?/m0/s1. The van der Waals surface area contributed by atoms with E-state index in [9.17, 15) is 12.8 Å². The minimum atomic E-state index is -3.90. The van der Waals surface area contributed by atoms with Gasteiger partial charge < -0.3 is 15.0 Å². The van der Waals surface area contributed by atoms with E-state index >= 15 is 0 Å². The molecule has 0 aliphatic carbocycles. The molecule has 38 heavy (non-hydrogen) atoms. The van der Waals surface area contributed by atoms with Crippen LogP contribution in [0.2, 0.25) is 0 Å². The van der Waals surface area contributed by atoms with Crippen LogP contribution in [-0.2, 0) is 14.8 Å².